The lowest BCUT2D eigenvalue weighted by atomic mass is 10.2. The van der Waals surface area contributed by atoms with Crippen molar-refractivity contribution in [3.8, 4) is 0 Å². The summed E-state index contributed by atoms with van der Waals surface area (Å²) in [6.45, 7) is 1.97. The molecule has 2 aromatic heterocycles. The summed E-state index contributed by atoms with van der Waals surface area (Å²) >= 11 is 0. The second-order valence-corrected chi connectivity index (χ2v) is 3.53. The zero-order chi connectivity index (χ0) is 12.1. The molecule has 5 nitrogen and oxygen atoms in total. The Morgan fingerprint density at radius 1 is 1.29 bits per heavy atom. The van der Waals surface area contributed by atoms with Crippen LogP contribution in [0.15, 0.2) is 43.1 Å². The van der Waals surface area contributed by atoms with Crippen molar-refractivity contribution in [3.05, 3.63) is 48.7 Å². The van der Waals surface area contributed by atoms with Gasteiger partial charge in [0.15, 0.2) is 0 Å². The highest BCUT2D eigenvalue weighted by Gasteiger charge is 2.12. The molecule has 0 aliphatic carbocycles. The molecule has 2 heterocycles. The first-order valence-corrected chi connectivity index (χ1v) is 5.20. The molecule has 0 aliphatic rings. The third-order valence-corrected chi connectivity index (χ3v) is 2.29. The average Bonchev–Trinajstić information content (AvgIpc) is 2.38. The predicted molar refractivity (Wildman–Crippen MR) is 63.1 cm³/mol. The first-order chi connectivity index (χ1) is 8.27. The van der Waals surface area contributed by atoms with Gasteiger partial charge in [0.1, 0.15) is 12.1 Å². The second kappa shape index (κ2) is 5.16. The Morgan fingerprint density at radius 2 is 2.18 bits per heavy atom. The van der Waals surface area contributed by atoms with Gasteiger partial charge < -0.3 is 0 Å². The number of carbonyl (C=O) groups is 1. The van der Waals surface area contributed by atoms with Crippen LogP contribution in [-0.2, 0) is 11.3 Å². The minimum Gasteiger partial charge on any atom is -0.292 e. The summed E-state index contributed by atoms with van der Waals surface area (Å²) in [5.74, 6) is 0.531. The molecule has 0 saturated carbocycles. The molecule has 0 spiro atoms. The largest absolute Gasteiger partial charge is 0.292 e. The zero-order valence-electron chi connectivity index (χ0n) is 9.45. The number of rotatable bonds is 3. The number of pyridine rings is 1. The molecule has 0 bridgehead atoms. The van der Waals surface area contributed by atoms with Crippen LogP contribution in [-0.4, -0.2) is 20.9 Å². The molecule has 17 heavy (non-hydrogen) atoms. The fraction of sp³-hybridized carbons (Fsp3) is 0.167. The Morgan fingerprint density at radius 3 is 2.76 bits per heavy atom. The number of amides is 1. The van der Waals surface area contributed by atoms with Gasteiger partial charge in [-0.1, -0.05) is 6.07 Å². The monoisotopic (exact) mass is 228 g/mol. The Hall–Kier alpha value is -2.30. The molecule has 0 atom stereocenters. The van der Waals surface area contributed by atoms with Crippen molar-refractivity contribution in [1.29, 1.82) is 0 Å². The first kappa shape index (κ1) is 11.2. The van der Waals surface area contributed by atoms with Crippen molar-refractivity contribution in [3.63, 3.8) is 0 Å². The maximum absolute atomic E-state index is 11.6. The molecule has 5 heteroatoms. The molecule has 0 aliphatic heterocycles. The summed E-state index contributed by atoms with van der Waals surface area (Å²) in [5.41, 5.74) is 0.960. The number of anilines is 1. The number of nitrogens with zero attached hydrogens (tertiary/aromatic N) is 4. The summed E-state index contributed by atoms with van der Waals surface area (Å²) in [6, 6.07) is 5.47. The molecular weight excluding hydrogens is 216 g/mol. The molecule has 0 N–H and O–H groups in total. The molecule has 0 saturated heterocycles. The Bertz CT molecular complexity index is 486. The third kappa shape index (κ3) is 2.84. The Kier molecular flexibility index (Phi) is 3.40. The summed E-state index contributed by atoms with van der Waals surface area (Å²) in [5, 5.41) is 0. The van der Waals surface area contributed by atoms with Gasteiger partial charge in [0, 0.05) is 25.5 Å². The first-order valence-electron chi connectivity index (χ1n) is 5.20. The van der Waals surface area contributed by atoms with Crippen molar-refractivity contribution in [2.45, 2.75) is 13.5 Å². The summed E-state index contributed by atoms with van der Waals surface area (Å²) in [4.78, 5) is 25.1. The van der Waals surface area contributed by atoms with Crippen molar-refractivity contribution >= 4 is 11.7 Å². The van der Waals surface area contributed by atoms with E-state index in [-0.39, 0.29) is 5.91 Å². The topological polar surface area (TPSA) is 59.0 Å². The second-order valence-electron chi connectivity index (χ2n) is 3.53. The van der Waals surface area contributed by atoms with E-state index in [0.717, 1.165) is 5.56 Å². The smallest absolute Gasteiger partial charge is 0.225 e. The van der Waals surface area contributed by atoms with E-state index in [1.165, 1.54) is 13.3 Å². The van der Waals surface area contributed by atoms with E-state index in [0.29, 0.717) is 12.4 Å². The van der Waals surface area contributed by atoms with Crippen LogP contribution < -0.4 is 4.90 Å². The van der Waals surface area contributed by atoms with Gasteiger partial charge in [-0.25, -0.2) is 9.97 Å². The minimum atomic E-state index is -0.0625. The molecule has 0 unspecified atom stereocenters. The van der Waals surface area contributed by atoms with Crippen LogP contribution in [0, 0.1) is 0 Å². The van der Waals surface area contributed by atoms with Crippen molar-refractivity contribution < 1.29 is 4.79 Å². The SMILES string of the molecule is CC(=O)N(Cc1cccnc1)c1ccncn1. The van der Waals surface area contributed by atoms with Gasteiger partial charge in [-0.15, -0.1) is 0 Å². The molecular formula is C12H12N4O. The summed E-state index contributed by atoms with van der Waals surface area (Å²) < 4.78 is 0. The molecule has 2 rings (SSSR count). The van der Waals surface area contributed by atoms with Crippen LogP contribution in [0.2, 0.25) is 0 Å². The van der Waals surface area contributed by atoms with Gasteiger partial charge in [0.05, 0.1) is 6.54 Å². The molecule has 0 aromatic carbocycles. The maximum Gasteiger partial charge on any atom is 0.225 e. The Balaban J connectivity index is 2.23. The Labute approximate surface area is 99.2 Å². The van der Waals surface area contributed by atoms with Crippen LogP contribution in [0.25, 0.3) is 0 Å². The molecule has 1 amide bonds. The highest BCUT2D eigenvalue weighted by Crippen LogP contribution is 2.12. The molecule has 86 valence electrons. The van der Waals surface area contributed by atoms with Crippen LogP contribution in [0.1, 0.15) is 12.5 Å². The van der Waals surface area contributed by atoms with Crippen molar-refractivity contribution in [1.82, 2.24) is 15.0 Å². The van der Waals surface area contributed by atoms with E-state index in [4.69, 9.17) is 0 Å². The van der Waals surface area contributed by atoms with Gasteiger partial charge in [-0.2, -0.15) is 0 Å². The fourth-order valence-electron chi connectivity index (χ4n) is 1.47. The lowest BCUT2D eigenvalue weighted by Crippen LogP contribution is -2.28. The van der Waals surface area contributed by atoms with Crippen molar-refractivity contribution in [2.75, 3.05) is 4.90 Å². The maximum atomic E-state index is 11.6. The van der Waals surface area contributed by atoms with E-state index < -0.39 is 0 Å². The van der Waals surface area contributed by atoms with Crippen LogP contribution in [0.4, 0.5) is 5.82 Å². The van der Waals surface area contributed by atoms with E-state index >= 15 is 0 Å². The predicted octanol–water partition coefficient (Wildman–Crippen LogP) is 1.42. The zero-order valence-corrected chi connectivity index (χ0v) is 9.45. The van der Waals surface area contributed by atoms with E-state index in [1.54, 1.807) is 29.6 Å². The highest BCUT2D eigenvalue weighted by molar-refractivity contribution is 5.90. The normalized spacial score (nSPS) is 9.94. The lowest BCUT2D eigenvalue weighted by molar-refractivity contribution is -0.116. The van der Waals surface area contributed by atoms with Gasteiger partial charge in [0.2, 0.25) is 5.91 Å². The minimum absolute atomic E-state index is 0.0625. The third-order valence-electron chi connectivity index (χ3n) is 2.29. The number of carbonyl (C=O) groups excluding carboxylic acids is 1. The average molecular weight is 228 g/mol. The number of hydrogen-bond donors (Lipinski definition) is 0. The van der Waals surface area contributed by atoms with E-state index in [9.17, 15) is 4.79 Å². The lowest BCUT2D eigenvalue weighted by Gasteiger charge is -2.19. The van der Waals surface area contributed by atoms with Gasteiger partial charge >= 0.3 is 0 Å². The fourth-order valence-corrected chi connectivity index (χ4v) is 1.47. The molecule has 2 aromatic rings. The quantitative estimate of drug-likeness (QED) is 0.797. The van der Waals surface area contributed by atoms with Gasteiger partial charge in [-0.3, -0.25) is 14.7 Å². The van der Waals surface area contributed by atoms with Crippen LogP contribution in [0.5, 0.6) is 0 Å². The van der Waals surface area contributed by atoms with E-state index in [1.807, 2.05) is 12.1 Å². The van der Waals surface area contributed by atoms with E-state index in [2.05, 4.69) is 15.0 Å². The van der Waals surface area contributed by atoms with Gasteiger partial charge in [0.25, 0.3) is 0 Å². The van der Waals surface area contributed by atoms with Crippen molar-refractivity contribution in [2.24, 2.45) is 0 Å². The number of aromatic nitrogens is 3. The summed E-state index contributed by atoms with van der Waals surface area (Å²) in [7, 11) is 0. The standard InChI is InChI=1S/C12H12N4O/c1-10(17)16(12-4-6-14-9-15-12)8-11-3-2-5-13-7-11/h2-7,9H,8H2,1H3. The molecule has 0 radical (unpaired) electrons. The van der Waals surface area contributed by atoms with Crippen LogP contribution >= 0.6 is 0 Å². The summed E-state index contributed by atoms with van der Waals surface area (Å²) in [6.07, 6.45) is 6.47. The van der Waals surface area contributed by atoms with Crippen LogP contribution in [0.3, 0.4) is 0 Å². The number of hydrogen-bond acceptors (Lipinski definition) is 4. The highest BCUT2D eigenvalue weighted by atomic mass is 16.2. The van der Waals surface area contributed by atoms with Gasteiger partial charge in [-0.05, 0) is 17.7 Å². The molecule has 0 fully saturated rings.